The number of aliphatic hydroxyl groups is 1. The first-order valence-corrected chi connectivity index (χ1v) is 5.50. The second kappa shape index (κ2) is 6.85. The van der Waals surface area contributed by atoms with Crippen molar-refractivity contribution in [1.29, 1.82) is 0 Å². The summed E-state index contributed by atoms with van der Waals surface area (Å²) in [7, 11) is 0. The van der Waals surface area contributed by atoms with E-state index in [1.807, 2.05) is 37.3 Å². The Labute approximate surface area is 95.7 Å². The van der Waals surface area contributed by atoms with Gasteiger partial charge >= 0.3 is 6.03 Å². The highest BCUT2D eigenvalue weighted by Crippen LogP contribution is 2.04. The third kappa shape index (κ3) is 4.79. The summed E-state index contributed by atoms with van der Waals surface area (Å²) in [5, 5.41) is 14.7. The van der Waals surface area contributed by atoms with Crippen LogP contribution in [0.1, 0.15) is 19.8 Å². The number of nitrogens with one attached hydrogen (secondary N) is 2. The standard InChI is InChI=1S/C12H18N2O2/c1-2-11(15)8-9-13-12(16)14-10-6-4-3-5-7-10/h3-7,11,15H,2,8-9H2,1H3,(H2,13,14,16). The number of rotatable bonds is 5. The molecule has 2 amide bonds. The highest BCUT2D eigenvalue weighted by atomic mass is 16.3. The Morgan fingerprint density at radius 3 is 2.69 bits per heavy atom. The van der Waals surface area contributed by atoms with E-state index in [1.54, 1.807) is 0 Å². The molecule has 0 aliphatic heterocycles. The molecule has 0 heterocycles. The number of amides is 2. The minimum absolute atomic E-state index is 0.241. The summed E-state index contributed by atoms with van der Waals surface area (Å²) in [6.45, 7) is 2.39. The van der Waals surface area contributed by atoms with Crippen LogP contribution in [0, 0.1) is 0 Å². The molecule has 0 fully saturated rings. The molecule has 0 saturated heterocycles. The fourth-order valence-electron chi connectivity index (χ4n) is 1.25. The first-order valence-electron chi connectivity index (χ1n) is 5.50. The molecule has 3 N–H and O–H groups in total. The predicted octanol–water partition coefficient (Wildman–Crippen LogP) is 1.97. The van der Waals surface area contributed by atoms with Gasteiger partial charge in [0.1, 0.15) is 0 Å². The average molecular weight is 222 g/mol. The van der Waals surface area contributed by atoms with Crippen molar-refractivity contribution < 1.29 is 9.90 Å². The lowest BCUT2D eigenvalue weighted by Gasteiger charge is -2.09. The zero-order valence-electron chi connectivity index (χ0n) is 9.44. The molecule has 1 aromatic rings. The van der Waals surface area contributed by atoms with Gasteiger partial charge in [0.15, 0.2) is 0 Å². The summed E-state index contributed by atoms with van der Waals surface area (Å²) in [4.78, 5) is 11.4. The Kier molecular flexibility index (Phi) is 5.36. The van der Waals surface area contributed by atoms with Gasteiger partial charge < -0.3 is 15.7 Å². The number of aliphatic hydroxyl groups excluding tert-OH is 1. The van der Waals surface area contributed by atoms with Crippen LogP contribution in [0.4, 0.5) is 10.5 Å². The zero-order chi connectivity index (χ0) is 11.8. The summed E-state index contributed by atoms with van der Waals surface area (Å²) in [6.07, 6.45) is 0.956. The maximum Gasteiger partial charge on any atom is 0.319 e. The van der Waals surface area contributed by atoms with E-state index in [0.29, 0.717) is 19.4 Å². The van der Waals surface area contributed by atoms with Crippen LogP contribution in [0.15, 0.2) is 30.3 Å². The fourth-order valence-corrected chi connectivity index (χ4v) is 1.25. The number of anilines is 1. The second-order valence-corrected chi connectivity index (χ2v) is 3.60. The van der Waals surface area contributed by atoms with Crippen molar-refractivity contribution in [2.45, 2.75) is 25.9 Å². The van der Waals surface area contributed by atoms with Gasteiger partial charge in [-0.1, -0.05) is 25.1 Å². The maximum atomic E-state index is 11.4. The Balaban J connectivity index is 2.21. The highest BCUT2D eigenvalue weighted by molar-refractivity contribution is 5.89. The van der Waals surface area contributed by atoms with E-state index < -0.39 is 0 Å². The monoisotopic (exact) mass is 222 g/mol. The lowest BCUT2D eigenvalue weighted by atomic mass is 10.2. The molecular formula is C12H18N2O2. The van der Waals surface area contributed by atoms with E-state index >= 15 is 0 Å². The molecule has 0 spiro atoms. The molecule has 1 aromatic carbocycles. The summed E-state index contributed by atoms with van der Waals surface area (Å²) < 4.78 is 0. The molecule has 1 unspecified atom stereocenters. The lowest BCUT2D eigenvalue weighted by molar-refractivity contribution is 0.160. The summed E-state index contributed by atoms with van der Waals surface area (Å²) >= 11 is 0. The first kappa shape index (κ1) is 12.5. The van der Waals surface area contributed by atoms with Gasteiger partial charge in [0, 0.05) is 12.2 Å². The predicted molar refractivity (Wildman–Crippen MR) is 64.4 cm³/mol. The summed E-state index contributed by atoms with van der Waals surface area (Å²) in [6, 6.07) is 9.00. The molecule has 16 heavy (non-hydrogen) atoms. The van der Waals surface area contributed by atoms with Gasteiger partial charge in [-0.25, -0.2) is 4.79 Å². The van der Waals surface area contributed by atoms with Gasteiger partial charge in [-0.3, -0.25) is 0 Å². The molecule has 0 bridgehead atoms. The van der Waals surface area contributed by atoms with Crippen molar-refractivity contribution in [1.82, 2.24) is 5.32 Å². The van der Waals surface area contributed by atoms with Gasteiger partial charge in [-0.15, -0.1) is 0 Å². The smallest absolute Gasteiger partial charge is 0.319 e. The topological polar surface area (TPSA) is 61.4 Å². The van der Waals surface area contributed by atoms with Crippen LogP contribution in [-0.2, 0) is 0 Å². The van der Waals surface area contributed by atoms with Crippen molar-refractivity contribution in [2.24, 2.45) is 0 Å². The molecule has 88 valence electrons. The number of carbonyl (C=O) groups excluding carboxylic acids is 1. The van der Waals surface area contributed by atoms with E-state index in [1.165, 1.54) is 0 Å². The van der Waals surface area contributed by atoms with Crippen molar-refractivity contribution in [3.63, 3.8) is 0 Å². The maximum absolute atomic E-state index is 11.4. The molecule has 4 heteroatoms. The molecular weight excluding hydrogens is 204 g/mol. The molecule has 0 radical (unpaired) electrons. The Bertz CT molecular complexity index is 314. The summed E-state index contributed by atoms with van der Waals surface area (Å²) in [5.41, 5.74) is 0.760. The van der Waals surface area contributed by atoms with Crippen molar-refractivity contribution in [2.75, 3.05) is 11.9 Å². The molecule has 1 atom stereocenters. The van der Waals surface area contributed by atoms with Crippen LogP contribution in [0.5, 0.6) is 0 Å². The van der Waals surface area contributed by atoms with Crippen LogP contribution >= 0.6 is 0 Å². The van der Waals surface area contributed by atoms with Crippen LogP contribution in [0.2, 0.25) is 0 Å². The number of hydrogen-bond acceptors (Lipinski definition) is 2. The Morgan fingerprint density at radius 2 is 2.06 bits per heavy atom. The minimum atomic E-state index is -0.336. The number of hydrogen-bond donors (Lipinski definition) is 3. The second-order valence-electron chi connectivity index (χ2n) is 3.60. The van der Waals surface area contributed by atoms with Gasteiger partial charge in [0.25, 0.3) is 0 Å². The van der Waals surface area contributed by atoms with Crippen molar-refractivity contribution >= 4 is 11.7 Å². The Hall–Kier alpha value is -1.55. The quantitative estimate of drug-likeness (QED) is 0.713. The molecule has 0 aliphatic carbocycles. The van der Waals surface area contributed by atoms with Gasteiger partial charge in [-0.05, 0) is 25.0 Å². The SMILES string of the molecule is CCC(O)CCNC(=O)Nc1ccccc1. The zero-order valence-corrected chi connectivity index (χ0v) is 9.44. The van der Waals surface area contributed by atoms with Crippen LogP contribution < -0.4 is 10.6 Å². The number of para-hydroxylation sites is 1. The third-order valence-corrected chi connectivity index (χ3v) is 2.27. The molecule has 0 saturated carbocycles. The van der Waals surface area contributed by atoms with Gasteiger partial charge in [-0.2, -0.15) is 0 Å². The largest absolute Gasteiger partial charge is 0.393 e. The molecule has 0 aliphatic rings. The van der Waals surface area contributed by atoms with Gasteiger partial charge in [0.05, 0.1) is 6.10 Å². The van der Waals surface area contributed by atoms with Crippen molar-refractivity contribution in [3.05, 3.63) is 30.3 Å². The number of urea groups is 1. The van der Waals surface area contributed by atoms with E-state index in [2.05, 4.69) is 10.6 Å². The normalized spacial score (nSPS) is 11.9. The lowest BCUT2D eigenvalue weighted by Crippen LogP contribution is -2.31. The average Bonchev–Trinajstić information content (AvgIpc) is 2.30. The van der Waals surface area contributed by atoms with Crippen molar-refractivity contribution in [3.8, 4) is 0 Å². The highest BCUT2D eigenvalue weighted by Gasteiger charge is 2.03. The molecule has 0 aromatic heterocycles. The fraction of sp³-hybridized carbons (Fsp3) is 0.417. The van der Waals surface area contributed by atoms with E-state index in [-0.39, 0.29) is 12.1 Å². The minimum Gasteiger partial charge on any atom is -0.393 e. The third-order valence-electron chi connectivity index (χ3n) is 2.27. The molecule has 1 rings (SSSR count). The number of benzene rings is 1. The molecule has 4 nitrogen and oxygen atoms in total. The van der Waals surface area contributed by atoms with E-state index in [4.69, 9.17) is 0 Å². The van der Waals surface area contributed by atoms with E-state index in [9.17, 15) is 9.90 Å². The summed E-state index contributed by atoms with van der Waals surface area (Å²) in [5.74, 6) is 0. The van der Waals surface area contributed by atoms with Crippen LogP contribution in [-0.4, -0.2) is 23.8 Å². The number of carbonyl (C=O) groups is 1. The van der Waals surface area contributed by atoms with E-state index in [0.717, 1.165) is 5.69 Å². The first-order chi connectivity index (χ1) is 7.72. The van der Waals surface area contributed by atoms with Gasteiger partial charge in [0.2, 0.25) is 0 Å². The Morgan fingerprint density at radius 1 is 1.38 bits per heavy atom. The van der Waals surface area contributed by atoms with Crippen LogP contribution in [0.25, 0.3) is 0 Å². The van der Waals surface area contributed by atoms with Crippen LogP contribution in [0.3, 0.4) is 0 Å².